The Bertz CT molecular complexity index is 3080. The van der Waals surface area contributed by atoms with Gasteiger partial charge in [0, 0.05) is 50.6 Å². The lowest BCUT2D eigenvalue weighted by Gasteiger charge is -2.53. The molecule has 4 unspecified atom stereocenters. The third-order valence-electron chi connectivity index (χ3n) is 18.0. The molecule has 0 bridgehead atoms. The SMILES string of the molecule is Cc1cccc(N2c3cc(C)ccc3B3c4cc(-c5ccccc5)cc5c4N(c4cc(N6c7ccc(-c8ccccc8)cc7C7(C)CCCCC67C)cc2c43)C2(C)CCCCC52C)c1. The Labute approximate surface area is 380 Å². The van der Waals surface area contributed by atoms with Gasteiger partial charge in [0.2, 0.25) is 0 Å². The molecule has 2 aliphatic carbocycles. The molecule has 3 nitrogen and oxygen atoms in total. The minimum atomic E-state index is -0.100. The molecule has 13 rings (SSSR count). The number of fused-ring (bicyclic) bond motifs is 10. The second-order valence-corrected chi connectivity index (χ2v) is 21.3. The maximum atomic E-state index is 2.93. The number of rotatable bonds is 4. The molecule has 316 valence electrons. The van der Waals surface area contributed by atoms with E-state index < -0.39 is 0 Å². The minimum Gasteiger partial charge on any atom is -0.335 e. The van der Waals surface area contributed by atoms with Gasteiger partial charge in [-0.25, -0.2) is 0 Å². The van der Waals surface area contributed by atoms with E-state index >= 15 is 0 Å². The Morgan fingerprint density at radius 2 is 1.05 bits per heavy atom. The van der Waals surface area contributed by atoms with Gasteiger partial charge in [-0.15, -0.1) is 0 Å². The average Bonchev–Trinajstić information content (AvgIpc) is 3.65. The summed E-state index contributed by atoms with van der Waals surface area (Å²) in [6.45, 7) is 15.1. The molecular weight excluding hydrogens is 773 g/mol. The van der Waals surface area contributed by atoms with Gasteiger partial charge in [-0.2, -0.15) is 0 Å². The molecule has 2 saturated carbocycles. The first-order valence-corrected chi connectivity index (χ1v) is 24.2. The fourth-order valence-electron chi connectivity index (χ4n) is 14.4. The van der Waals surface area contributed by atoms with Crippen LogP contribution in [0.15, 0.2) is 146 Å². The van der Waals surface area contributed by atoms with E-state index in [9.17, 15) is 0 Å². The van der Waals surface area contributed by atoms with Crippen LogP contribution in [-0.2, 0) is 10.8 Å². The van der Waals surface area contributed by atoms with Crippen LogP contribution in [0.4, 0.5) is 39.8 Å². The Balaban J connectivity index is 1.14. The molecule has 4 aliphatic heterocycles. The topological polar surface area (TPSA) is 9.72 Å². The van der Waals surface area contributed by atoms with Crippen molar-refractivity contribution in [3.63, 3.8) is 0 Å². The number of hydrogen-bond acceptors (Lipinski definition) is 3. The zero-order valence-corrected chi connectivity index (χ0v) is 38.4. The quantitative estimate of drug-likeness (QED) is 0.164. The van der Waals surface area contributed by atoms with Gasteiger partial charge in [0.1, 0.15) is 0 Å². The first-order valence-electron chi connectivity index (χ1n) is 24.2. The Kier molecular flexibility index (Phi) is 7.98. The Hall–Kier alpha value is -6.00. The van der Waals surface area contributed by atoms with Crippen molar-refractivity contribution in [2.24, 2.45) is 0 Å². The molecular formula is C60H58BN3. The summed E-state index contributed by atoms with van der Waals surface area (Å²) in [6, 6.07) is 56.7. The van der Waals surface area contributed by atoms with Gasteiger partial charge in [-0.3, -0.25) is 0 Å². The van der Waals surface area contributed by atoms with E-state index in [2.05, 4.69) is 202 Å². The summed E-state index contributed by atoms with van der Waals surface area (Å²) in [6.07, 6.45) is 9.74. The highest BCUT2D eigenvalue weighted by atomic mass is 15.3. The number of aryl methyl sites for hydroxylation is 2. The molecule has 4 heteroatoms. The van der Waals surface area contributed by atoms with E-state index in [1.54, 1.807) is 5.56 Å². The van der Waals surface area contributed by atoms with Crippen molar-refractivity contribution in [1.82, 2.24) is 0 Å². The lowest BCUT2D eigenvalue weighted by molar-refractivity contribution is 0.194. The Morgan fingerprint density at radius 3 is 1.77 bits per heavy atom. The summed E-state index contributed by atoms with van der Waals surface area (Å²) in [7, 11) is 0. The van der Waals surface area contributed by atoms with Crippen LogP contribution in [0.25, 0.3) is 22.3 Å². The number of hydrogen-bond donors (Lipinski definition) is 0. The lowest BCUT2D eigenvalue weighted by atomic mass is 9.33. The van der Waals surface area contributed by atoms with Crippen molar-refractivity contribution in [1.29, 1.82) is 0 Å². The largest absolute Gasteiger partial charge is 0.335 e. The predicted octanol–water partition coefficient (Wildman–Crippen LogP) is 13.7. The van der Waals surface area contributed by atoms with Crippen LogP contribution in [0.5, 0.6) is 0 Å². The number of benzene rings is 7. The van der Waals surface area contributed by atoms with Crippen LogP contribution in [0.2, 0.25) is 0 Å². The van der Waals surface area contributed by atoms with Crippen LogP contribution >= 0.6 is 0 Å². The van der Waals surface area contributed by atoms with Crippen LogP contribution in [0.3, 0.4) is 0 Å². The molecule has 0 N–H and O–H groups in total. The molecule has 2 fully saturated rings. The smallest absolute Gasteiger partial charge is 0.252 e. The van der Waals surface area contributed by atoms with Gasteiger partial charge in [0.25, 0.3) is 6.71 Å². The lowest BCUT2D eigenvalue weighted by Crippen LogP contribution is -2.64. The summed E-state index contributed by atoms with van der Waals surface area (Å²) in [5.41, 5.74) is 24.4. The van der Waals surface area contributed by atoms with E-state index in [0.29, 0.717) is 0 Å². The summed E-state index contributed by atoms with van der Waals surface area (Å²) in [5.74, 6) is 0. The molecule has 0 radical (unpaired) electrons. The van der Waals surface area contributed by atoms with Gasteiger partial charge >= 0.3 is 0 Å². The highest BCUT2D eigenvalue weighted by molar-refractivity contribution is 7.00. The van der Waals surface area contributed by atoms with Gasteiger partial charge in [0.05, 0.1) is 11.1 Å². The molecule has 64 heavy (non-hydrogen) atoms. The zero-order valence-electron chi connectivity index (χ0n) is 38.4. The molecule has 7 aromatic carbocycles. The minimum absolute atomic E-state index is 0.00381. The molecule has 0 spiro atoms. The standard InChI is InChI=1S/C60H58BN3/c1-39-18-17-23-45(32-39)62-52-33-40(2)24-26-49(52)61-50-36-44(42-21-11-8-12-22-42)35-48-56(50)64(60(6)31-16-14-29-58(48,60)4)54-38-46(37-53(62)55(54)61)63-51-27-25-43(41-19-9-7-10-20-41)34-47(51)57(3)28-13-15-30-59(57,63)5/h7-12,17-27,32-38H,13-16,28-31H2,1-6H3. The maximum absolute atomic E-state index is 2.93. The molecule has 4 atom stereocenters. The number of nitrogens with zero attached hydrogens (tertiary/aromatic N) is 3. The summed E-state index contributed by atoms with van der Waals surface area (Å²) in [5, 5.41) is 0. The fourth-order valence-corrected chi connectivity index (χ4v) is 14.4. The van der Waals surface area contributed by atoms with Crippen LogP contribution in [0.1, 0.15) is 101 Å². The highest BCUT2D eigenvalue weighted by Gasteiger charge is 2.62. The van der Waals surface area contributed by atoms with Gasteiger partial charge in [-0.05, 0) is 163 Å². The van der Waals surface area contributed by atoms with Crippen molar-refractivity contribution in [2.45, 2.75) is 115 Å². The second kappa shape index (κ2) is 13.3. The Morgan fingerprint density at radius 1 is 0.422 bits per heavy atom. The van der Waals surface area contributed by atoms with Crippen molar-refractivity contribution >= 4 is 62.9 Å². The predicted molar refractivity (Wildman–Crippen MR) is 272 cm³/mol. The van der Waals surface area contributed by atoms with Crippen LogP contribution in [-0.4, -0.2) is 17.8 Å². The fraction of sp³-hybridized carbons (Fsp3) is 0.300. The van der Waals surface area contributed by atoms with Gasteiger partial charge in [0.15, 0.2) is 0 Å². The maximum Gasteiger partial charge on any atom is 0.252 e. The second-order valence-electron chi connectivity index (χ2n) is 21.3. The summed E-state index contributed by atoms with van der Waals surface area (Å²) >= 11 is 0. The molecule has 0 saturated heterocycles. The van der Waals surface area contributed by atoms with E-state index in [1.807, 2.05) is 0 Å². The number of anilines is 7. The molecule has 4 heterocycles. The summed E-state index contributed by atoms with van der Waals surface area (Å²) in [4.78, 5) is 8.42. The molecule has 6 aliphatic rings. The normalized spacial score (nSPS) is 25.6. The van der Waals surface area contributed by atoms with Gasteiger partial charge < -0.3 is 14.7 Å². The third kappa shape index (κ3) is 4.90. The van der Waals surface area contributed by atoms with Crippen molar-refractivity contribution in [2.75, 3.05) is 14.7 Å². The monoisotopic (exact) mass is 831 g/mol. The van der Waals surface area contributed by atoms with Gasteiger partial charge in [-0.1, -0.05) is 137 Å². The molecule has 0 aromatic heterocycles. The van der Waals surface area contributed by atoms with Crippen molar-refractivity contribution in [3.8, 4) is 22.3 Å². The highest BCUT2D eigenvalue weighted by Crippen LogP contribution is 2.65. The van der Waals surface area contributed by atoms with Crippen LogP contribution in [0, 0.1) is 13.8 Å². The molecule has 7 aromatic rings. The van der Waals surface area contributed by atoms with E-state index in [1.165, 1.54) is 140 Å². The molecule has 0 amide bonds. The van der Waals surface area contributed by atoms with E-state index in [0.717, 1.165) is 6.42 Å². The van der Waals surface area contributed by atoms with Crippen molar-refractivity contribution in [3.05, 3.63) is 168 Å². The first kappa shape index (κ1) is 38.5. The average molecular weight is 832 g/mol. The third-order valence-corrected chi connectivity index (χ3v) is 18.0. The van der Waals surface area contributed by atoms with E-state index in [-0.39, 0.29) is 28.6 Å². The van der Waals surface area contributed by atoms with Crippen LogP contribution < -0.4 is 31.1 Å². The van der Waals surface area contributed by atoms with E-state index in [4.69, 9.17) is 0 Å². The first-order chi connectivity index (χ1) is 31.0. The summed E-state index contributed by atoms with van der Waals surface area (Å²) < 4.78 is 0. The zero-order chi connectivity index (χ0) is 43.3. The van der Waals surface area contributed by atoms with Crippen molar-refractivity contribution < 1.29 is 0 Å².